The number of anilines is 1. The fourth-order valence-corrected chi connectivity index (χ4v) is 2.43. The van der Waals surface area contributed by atoms with Crippen molar-refractivity contribution in [2.45, 2.75) is 39.7 Å². The highest BCUT2D eigenvalue weighted by molar-refractivity contribution is 5.94. The third-order valence-electron chi connectivity index (χ3n) is 3.80. The number of para-hydroxylation sites is 1. The maximum Gasteiger partial charge on any atom is 0.306 e. The van der Waals surface area contributed by atoms with E-state index < -0.39 is 0 Å². The molecule has 0 atom stereocenters. The van der Waals surface area contributed by atoms with Crippen molar-refractivity contribution in [1.29, 1.82) is 0 Å². The maximum atomic E-state index is 12.1. The van der Waals surface area contributed by atoms with E-state index in [1.165, 1.54) is 0 Å². The number of carbonyl (C=O) groups excluding carboxylic acids is 2. The van der Waals surface area contributed by atoms with Crippen LogP contribution in [0.3, 0.4) is 0 Å². The molecule has 0 aromatic heterocycles. The zero-order valence-corrected chi connectivity index (χ0v) is 14.2. The first-order chi connectivity index (χ1) is 11.6. The number of carbonyl (C=O) groups is 2. The lowest BCUT2D eigenvalue weighted by molar-refractivity contribution is -0.145. The Balaban J connectivity index is 1.80. The lowest BCUT2D eigenvalue weighted by Gasteiger charge is -2.12. The van der Waals surface area contributed by atoms with Crippen molar-refractivity contribution < 1.29 is 14.3 Å². The summed E-state index contributed by atoms with van der Waals surface area (Å²) >= 11 is 0. The van der Waals surface area contributed by atoms with Crippen LogP contribution in [-0.4, -0.2) is 11.9 Å². The van der Waals surface area contributed by atoms with Gasteiger partial charge in [-0.15, -0.1) is 0 Å². The van der Waals surface area contributed by atoms with Gasteiger partial charge in [-0.2, -0.15) is 0 Å². The van der Waals surface area contributed by atoms with Crippen molar-refractivity contribution >= 4 is 17.6 Å². The van der Waals surface area contributed by atoms with E-state index in [-0.39, 0.29) is 31.3 Å². The van der Waals surface area contributed by atoms with Gasteiger partial charge in [0.15, 0.2) is 0 Å². The molecule has 0 unspecified atom stereocenters. The maximum absolute atomic E-state index is 12.1. The Hall–Kier alpha value is -2.62. The molecular weight excluding hydrogens is 302 g/mol. The van der Waals surface area contributed by atoms with Crippen LogP contribution in [0.5, 0.6) is 0 Å². The summed E-state index contributed by atoms with van der Waals surface area (Å²) in [7, 11) is 0. The Morgan fingerprint density at radius 2 is 1.75 bits per heavy atom. The standard InChI is InChI=1S/C20H23NO3/c1-3-17-11-7-8-15(2)20(17)21-18(22)12-13-19(23)24-14-16-9-5-4-6-10-16/h4-11H,3,12-14H2,1-2H3,(H,21,22). The molecule has 0 fully saturated rings. The van der Waals surface area contributed by atoms with Crippen LogP contribution in [0.1, 0.15) is 36.5 Å². The van der Waals surface area contributed by atoms with Crippen molar-refractivity contribution in [2.24, 2.45) is 0 Å². The molecule has 2 rings (SSSR count). The van der Waals surface area contributed by atoms with Gasteiger partial charge in [0.1, 0.15) is 6.61 Å². The Labute approximate surface area is 142 Å². The number of esters is 1. The van der Waals surface area contributed by atoms with Crippen LogP contribution < -0.4 is 5.32 Å². The molecule has 2 aromatic carbocycles. The van der Waals surface area contributed by atoms with Crippen molar-refractivity contribution in [1.82, 2.24) is 0 Å². The van der Waals surface area contributed by atoms with E-state index in [9.17, 15) is 9.59 Å². The number of amides is 1. The van der Waals surface area contributed by atoms with Crippen LogP contribution in [-0.2, 0) is 27.4 Å². The highest BCUT2D eigenvalue weighted by Gasteiger charge is 2.11. The Kier molecular flexibility index (Phi) is 6.55. The van der Waals surface area contributed by atoms with Gasteiger partial charge in [0.2, 0.25) is 5.91 Å². The molecule has 4 nitrogen and oxygen atoms in total. The Morgan fingerprint density at radius 3 is 2.46 bits per heavy atom. The molecule has 24 heavy (non-hydrogen) atoms. The molecule has 0 saturated carbocycles. The zero-order chi connectivity index (χ0) is 17.4. The molecule has 0 radical (unpaired) electrons. The molecule has 0 saturated heterocycles. The van der Waals surface area contributed by atoms with E-state index in [0.717, 1.165) is 28.8 Å². The van der Waals surface area contributed by atoms with E-state index in [1.54, 1.807) is 0 Å². The summed E-state index contributed by atoms with van der Waals surface area (Å²) in [4.78, 5) is 23.9. The molecular formula is C20H23NO3. The number of benzene rings is 2. The van der Waals surface area contributed by atoms with Gasteiger partial charge in [-0.25, -0.2) is 0 Å². The first-order valence-electron chi connectivity index (χ1n) is 8.18. The Morgan fingerprint density at radius 1 is 1.00 bits per heavy atom. The zero-order valence-electron chi connectivity index (χ0n) is 14.2. The summed E-state index contributed by atoms with van der Waals surface area (Å²) in [6, 6.07) is 15.4. The van der Waals surface area contributed by atoms with Crippen LogP contribution >= 0.6 is 0 Å². The van der Waals surface area contributed by atoms with E-state index in [2.05, 4.69) is 5.32 Å². The SMILES string of the molecule is CCc1cccc(C)c1NC(=O)CCC(=O)OCc1ccccc1. The largest absolute Gasteiger partial charge is 0.461 e. The van der Waals surface area contributed by atoms with Gasteiger partial charge < -0.3 is 10.1 Å². The van der Waals surface area contributed by atoms with E-state index >= 15 is 0 Å². The average Bonchev–Trinajstić information content (AvgIpc) is 2.60. The second-order valence-electron chi connectivity index (χ2n) is 5.66. The fourth-order valence-electron chi connectivity index (χ4n) is 2.43. The molecule has 0 aliphatic carbocycles. The van der Waals surface area contributed by atoms with Crippen LogP contribution in [0, 0.1) is 6.92 Å². The molecule has 0 aliphatic heterocycles. The topological polar surface area (TPSA) is 55.4 Å². The van der Waals surface area contributed by atoms with Crippen molar-refractivity contribution in [2.75, 3.05) is 5.32 Å². The number of ether oxygens (including phenoxy) is 1. The first kappa shape index (κ1) is 17.7. The highest BCUT2D eigenvalue weighted by Crippen LogP contribution is 2.21. The number of aryl methyl sites for hydroxylation is 2. The lowest BCUT2D eigenvalue weighted by Crippen LogP contribution is -2.16. The van der Waals surface area contributed by atoms with Gasteiger partial charge >= 0.3 is 5.97 Å². The van der Waals surface area contributed by atoms with Gasteiger partial charge in [-0.05, 0) is 30.0 Å². The molecule has 1 amide bonds. The quantitative estimate of drug-likeness (QED) is 0.782. The van der Waals surface area contributed by atoms with E-state index in [4.69, 9.17) is 4.74 Å². The third-order valence-corrected chi connectivity index (χ3v) is 3.80. The lowest BCUT2D eigenvalue weighted by atomic mass is 10.1. The minimum Gasteiger partial charge on any atom is -0.461 e. The van der Waals surface area contributed by atoms with Crippen molar-refractivity contribution in [3.63, 3.8) is 0 Å². The molecule has 2 aromatic rings. The monoisotopic (exact) mass is 325 g/mol. The number of nitrogens with one attached hydrogen (secondary N) is 1. The van der Waals surface area contributed by atoms with Crippen molar-refractivity contribution in [3.05, 3.63) is 65.2 Å². The van der Waals surface area contributed by atoms with Gasteiger partial charge in [-0.1, -0.05) is 55.5 Å². The van der Waals surface area contributed by atoms with Gasteiger partial charge in [0.25, 0.3) is 0 Å². The van der Waals surface area contributed by atoms with E-state index in [0.29, 0.717) is 0 Å². The second-order valence-corrected chi connectivity index (χ2v) is 5.66. The van der Waals surface area contributed by atoms with Gasteiger partial charge in [0.05, 0.1) is 6.42 Å². The molecule has 4 heteroatoms. The second kappa shape index (κ2) is 8.87. The summed E-state index contributed by atoms with van der Waals surface area (Å²) in [6.07, 6.45) is 1.04. The van der Waals surface area contributed by atoms with Crippen LogP contribution in [0.2, 0.25) is 0 Å². The third kappa shape index (κ3) is 5.23. The number of hydrogen-bond donors (Lipinski definition) is 1. The van der Waals surface area contributed by atoms with Crippen LogP contribution in [0.4, 0.5) is 5.69 Å². The number of rotatable bonds is 7. The highest BCUT2D eigenvalue weighted by atomic mass is 16.5. The predicted molar refractivity (Wildman–Crippen MR) is 94.7 cm³/mol. The van der Waals surface area contributed by atoms with Gasteiger partial charge in [0, 0.05) is 12.1 Å². The molecule has 0 heterocycles. The summed E-state index contributed by atoms with van der Waals surface area (Å²) in [5.74, 6) is -0.537. The fraction of sp³-hybridized carbons (Fsp3) is 0.300. The molecule has 0 spiro atoms. The first-order valence-corrected chi connectivity index (χ1v) is 8.18. The summed E-state index contributed by atoms with van der Waals surface area (Å²) in [6.45, 7) is 4.24. The van der Waals surface area contributed by atoms with Crippen molar-refractivity contribution in [3.8, 4) is 0 Å². The minimum absolute atomic E-state index is 0.0754. The molecule has 0 bridgehead atoms. The average molecular weight is 325 g/mol. The van der Waals surface area contributed by atoms with Crippen LogP contribution in [0.15, 0.2) is 48.5 Å². The minimum atomic E-state index is -0.366. The molecule has 1 N–H and O–H groups in total. The summed E-state index contributed by atoms with van der Waals surface area (Å²) in [5, 5.41) is 2.91. The van der Waals surface area contributed by atoms with E-state index in [1.807, 2.05) is 62.4 Å². The number of hydrogen-bond acceptors (Lipinski definition) is 3. The van der Waals surface area contributed by atoms with Gasteiger partial charge in [-0.3, -0.25) is 9.59 Å². The predicted octanol–water partition coefficient (Wildman–Crippen LogP) is 4.02. The van der Waals surface area contributed by atoms with Crippen LogP contribution in [0.25, 0.3) is 0 Å². The molecule has 126 valence electrons. The normalized spacial score (nSPS) is 10.2. The molecule has 0 aliphatic rings. The smallest absolute Gasteiger partial charge is 0.306 e. The summed E-state index contributed by atoms with van der Waals surface area (Å²) < 4.78 is 5.18. The summed E-state index contributed by atoms with van der Waals surface area (Å²) in [5.41, 5.74) is 3.90. The Bertz CT molecular complexity index is 695.